The van der Waals surface area contributed by atoms with Crippen molar-refractivity contribution >= 4 is 22.9 Å². The zero-order valence-electron chi connectivity index (χ0n) is 14.1. The normalized spacial score (nSPS) is 15.1. The number of amides is 1. The van der Waals surface area contributed by atoms with Gasteiger partial charge in [0.05, 0.1) is 12.9 Å². The van der Waals surface area contributed by atoms with Crippen molar-refractivity contribution in [1.82, 2.24) is 25.3 Å². The molecule has 1 amide bonds. The van der Waals surface area contributed by atoms with Crippen LogP contribution in [0.25, 0.3) is 11.2 Å². The summed E-state index contributed by atoms with van der Waals surface area (Å²) < 4.78 is 0. The van der Waals surface area contributed by atoms with Crippen LogP contribution in [0, 0.1) is 0 Å². The van der Waals surface area contributed by atoms with Crippen LogP contribution in [-0.2, 0) is 10.2 Å². The van der Waals surface area contributed by atoms with Gasteiger partial charge in [0.2, 0.25) is 5.91 Å². The van der Waals surface area contributed by atoms with Crippen molar-refractivity contribution < 1.29 is 4.79 Å². The number of nitrogens with zero attached hydrogens (tertiary/aromatic N) is 4. The van der Waals surface area contributed by atoms with Crippen molar-refractivity contribution in [2.45, 2.75) is 18.3 Å². The van der Waals surface area contributed by atoms with Gasteiger partial charge < -0.3 is 15.2 Å². The van der Waals surface area contributed by atoms with Gasteiger partial charge in [0.15, 0.2) is 11.5 Å². The summed E-state index contributed by atoms with van der Waals surface area (Å²) in [4.78, 5) is 29.7. The van der Waals surface area contributed by atoms with Crippen molar-refractivity contribution in [3.8, 4) is 0 Å². The highest BCUT2D eigenvalue weighted by Gasteiger charge is 2.44. The molecule has 7 nitrogen and oxygen atoms in total. The summed E-state index contributed by atoms with van der Waals surface area (Å²) in [7, 11) is 1.84. The number of hydrogen-bond acceptors (Lipinski definition) is 5. The van der Waals surface area contributed by atoms with Gasteiger partial charge in [-0.1, -0.05) is 30.3 Å². The quantitative estimate of drug-likeness (QED) is 0.714. The Bertz CT molecular complexity index is 887. The lowest BCUT2D eigenvalue weighted by Crippen LogP contribution is -2.39. The number of rotatable bonds is 6. The third-order valence-corrected chi connectivity index (χ3v) is 4.81. The number of fused-ring (bicyclic) bond motifs is 1. The summed E-state index contributed by atoms with van der Waals surface area (Å²) in [6.07, 6.45) is 5.27. The predicted octanol–water partition coefficient (Wildman–Crippen LogP) is 1.64. The van der Waals surface area contributed by atoms with Crippen molar-refractivity contribution in [2.24, 2.45) is 0 Å². The molecule has 7 heteroatoms. The third kappa shape index (κ3) is 3.05. The topological polar surface area (TPSA) is 86.8 Å². The van der Waals surface area contributed by atoms with Crippen molar-refractivity contribution in [3.05, 3.63) is 48.5 Å². The number of hydrogen-bond donors (Lipinski definition) is 2. The molecule has 2 heterocycles. The fourth-order valence-electron chi connectivity index (χ4n) is 3.17. The molecule has 4 rings (SSSR count). The van der Waals surface area contributed by atoms with Gasteiger partial charge in [-0.25, -0.2) is 15.0 Å². The SMILES string of the molecule is CN(CC(=O)NCC1(c2ccccc2)CC1)c1ncnc2nc[nH]c12. The minimum absolute atomic E-state index is 0.0176. The second kappa shape index (κ2) is 6.16. The van der Waals surface area contributed by atoms with Crippen LogP contribution < -0.4 is 10.2 Å². The maximum absolute atomic E-state index is 12.4. The van der Waals surface area contributed by atoms with E-state index >= 15 is 0 Å². The van der Waals surface area contributed by atoms with Crippen LogP contribution in [0.2, 0.25) is 0 Å². The molecule has 0 aliphatic heterocycles. The van der Waals surface area contributed by atoms with E-state index in [0.29, 0.717) is 18.0 Å². The first-order valence-electron chi connectivity index (χ1n) is 8.35. The summed E-state index contributed by atoms with van der Waals surface area (Å²) in [5.74, 6) is 0.651. The number of aromatic nitrogens is 4. The van der Waals surface area contributed by atoms with Gasteiger partial charge >= 0.3 is 0 Å². The molecule has 1 aliphatic carbocycles. The summed E-state index contributed by atoms with van der Waals surface area (Å²) >= 11 is 0. The zero-order chi connectivity index (χ0) is 17.3. The smallest absolute Gasteiger partial charge is 0.239 e. The number of anilines is 1. The van der Waals surface area contributed by atoms with E-state index in [1.807, 2.05) is 13.1 Å². The lowest BCUT2D eigenvalue weighted by Gasteiger charge is -2.20. The number of imidazole rings is 1. The molecule has 0 radical (unpaired) electrons. The highest BCUT2D eigenvalue weighted by atomic mass is 16.2. The molecule has 25 heavy (non-hydrogen) atoms. The summed E-state index contributed by atoms with van der Waals surface area (Å²) in [5.41, 5.74) is 2.75. The van der Waals surface area contributed by atoms with Gasteiger partial charge in [-0.3, -0.25) is 4.79 Å². The van der Waals surface area contributed by atoms with Crippen LogP contribution in [0.4, 0.5) is 5.82 Å². The monoisotopic (exact) mass is 336 g/mol. The van der Waals surface area contributed by atoms with Crippen LogP contribution in [0.15, 0.2) is 43.0 Å². The highest BCUT2D eigenvalue weighted by Crippen LogP contribution is 2.47. The van der Waals surface area contributed by atoms with Crippen LogP contribution in [0.3, 0.4) is 0 Å². The van der Waals surface area contributed by atoms with E-state index < -0.39 is 0 Å². The number of H-pyrrole nitrogens is 1. The molecule has 2 N–H and O–H groups in total. The van der Waals surface area contributed by atoms with E-state index in [0.717, 1.165) is 18.4 Å². The Morgan fingerprint density at radius 3 is 2.80 bits per heavy atom. The van der Waals surface area contributed by atoms with Gasteiger partial charge in [-0.15, -0.1) is 0 Å². The molecule has 1 fully saturated rings. The third-order valence-electron chi connectivity index (χ3n) is 4.81. The van der Waals surface area contributed by atoms with Crippen molar-refractivity contribution in [2.75, 3.05) is 25.0 Å². The molecule has 1 aromatic carbocycles. The fourth-order valence-corrected chi connectivity index (χ4v) is 3.17. The molecule has 2 aromatic heterocycles. The van der Waals surface area contributed by atoms with E-state index in [1.54, 1.807) is 11.2 Å². The fraction of sp³-hybridized carbons (Fsp3) is 0.333. The maximum Gasteiger partial charge on any atom is 0.239 e. The first-order valence-corrected chi connectivity index (χ1v) is 8.35. The van der Waals surface area contributed by atoms with Crippen molar-refractivity contribution in [3.63, 3.8) is 0 Å². The van der Waals surface area contributed by atoms with E-state index in [9.17, 15) is 4.79 Å². The van der Waals surface area contributed by atoms with Crippen LogP contribution >= 0.6 is 0 Å². The largest absolute Gasteiger partial charge is 0.354 e. The maximum atomic E-state index is 12.4. The molecule has 0 atom stereocenters. The molecule has 1 aliphatic rings. The summed E-state index contributed by atoms with van der Waals surface area (Å²) in [6, 6.07) is 10.4. The number of aromatic amines is 1. The molecular formula is C18H20N6O. The Morgan fingerprint density at radius 1 is 1.24 bits per heavy atom. The van der Waals surface area contributed by atoms with Gasteiger partial charge in [0, 0.05) is 19.0 Å². The molecule has 1 saturated carbocycles. The second-order valence-corrected chi connectivity index (χ2v) is 6.58. The number of benzene rings is 1. The van der Waals surface area contributed by atoms with Crippen molar-refractivity contribution in [1.29, 1.82) is 0 Å². The summed E-state index contributed by atoms with van der Waals surface area (Å²) in [5, 5.41) is 3.08. The van der Waals surface area contributed by atoms with Gasteiger partial charge in [-0.2, -0.15) is 0 Å². The molecule has 0 saturated heterocycles. The molecule has 0 spiro atoms. The van der Waals surface area contributed by atoms with E-state index in [1.165, 1.54) is 11.9 Å². The highest BCUT2D eigenvalue weighted by molar-refractivity contribution is 5.87. The van der Waals surface area contributed by atoms with E-state index in [4.69, 9.17) is 0 Å². The minimum Gasteiger partial charge on any atom is -0.354 e. The van der Waals surface area contributed by atoms with Crippen LogP contribution in [-0.4, -0.2) is 46.0 Å². The van der Waals surface area contributed by atoms with Crippen LogP contribution in [0.5, 0.6) is 0 Å². The molecule has 128 valence electrons. The Labute approximate surface area is 145 Å². The average Bonchev–Trinajstić information content (AvgIpc) is 3.28. The van der Waals surface area contributed by atoms with Gasteiger partial charge in [-0.05, 0) is 18.4 Å². The van der Waals surface area contributed by atoms with Crippen LogP contribution in [0.1, 0.15) is 18.4 Å². The Hall–Kier alpha value is -2.96. The lowest BCUT2D eigenvalue weighted by atomic mass is 9.96. The zero-order valence-corrected chi connectivity index (χ0v) is 14.1. The van der Waals surface area contributed by atoms with Gasteiger partial charge in [0.1, 0.15) is 11.8 Å². The Balaban J connectivity index is 1.39. The Kier molecular flexibility index (Phi) is 3.83. The van der Waals surface area contributed by atoms with E-state index in [-0.39, 0.29) is 17.9 Å². The first-order chi connectivity index (χ1) is 12.2. The lowest BCUT2D eigenvalue weighted by molar-refractivity contribution is -0.119. The standard InChI is InChI=1S/C18H20N6O/c1-24(17-15-16(21-11-20-15)22-12-23-17)9-14(25)19-10-18(7-8-18)13-5-3-2-4-6-13/h2-6,11-12H,7-10H2,1H3,(H,19,25)(H,20,21,22,23). The average molecular weight is 336 g/mol. The molecular weight excluding hydrogens is 316 g/mol. The second-order valence-electron chi connectivity index (χ2n) is 6.58. The minimum atomic E-state index is -0.0176. The number of likely N-dealkylation sites (N-methyl/N-ethyl adjacent to an activating group) is 1. The summed E-state index contributed by atoms with van der Waals surface area (Å²) in [6.45, 7) is 0.906. The molecule has 0 bridgehead atoms. The first kappa shape index (κ1) is 15.6. The Morgan fingerprint density at radius 2 is 2.04 bits per heavy atom. The van der Waals surface area contributed by atoms with E-state index in [2.05, 4.69) is 49.5 Å². The number of carbonyl (C=O) groups is 1. The molecule has 0 unspecified atom stereocenters. The molecule has 3 aromatic rings. The van der Waals surface area contributed by atoms with Gasteiger partial charge in [0.25, 0.3) is 0 Å². The number of carbonyl (C=O) groups excluding carboxylic acids is 1. The predicted molar refractivity (Wildman–Crippen MR) is 95.3 cm³/mol. The number of nitrogens with one attached hydrogen (secondary N) is 2.